The highest BCUT2D eigenvalue weighted by Gasteiger charge is 2.05. The highest BCUT2D eigenvalue weighted by molar-refractivity contribution is 7.99. The predicted octanol–water partition coefficient (Wildman–Crippen LogP) is 4.73. The SMILES string of the molecule is CCSc1ccccc1NCc1cc(C)ccc1OC. The molecule has 2 aromatic carbocycles. The minimum Gasteiger partial charge on any atom is -0.496 e. The van der Waals surface area contributed by atoms with Gasteiger partial charge in [-0.3, -0.25) is 0 Å². The van der Waals surface area contributed by atoms with Crippen LogP contribution in [0.5, 0.6) is 5.75 Å². The number of hydrogen-bond acceptors (Lipinski definition) is 3. The van der Waals surface area contributed by atoms with Crippen molar-refractivity contribution in [1.82, 2.24) is 0 Å². The fraction of sp³-hybridized carbons (Fsp3) is 0.294. The molecule has 20 heavy (non-hydrogen) atoms. The summed E-state index contributed by atoms with van der Waals surface area (Å²) in [6, 6.07) is 14.7. The first-order valence-corrected chi connectivity index (χ1v) is 7.82. The topological polar surface area (TPSA) is 21.3 Å². The van der Waals surface area contributed by atoms with Crippen LogP contribution >= 0.6 is 11.8 Å². The molecule has 0 radical (unpaired) electrons. The van der Waals surface area contributed by atoms with Crippen molar-refractivity contribution in [3.8, 4) is 5.75 Å². The van der Waals surface area contributed by atoms with E-state index in [1.165, 1.54) is 21.7 Å². The van der Waals surface area contributed by atoms with Gasteiger partial charge in [0.25, 0.3) is 0 Å². The summed E-state index contributed by atoms with van der Waals surface area (Å²) in [6.45, 7) is 5.04. The molecule has 0 aromatic heterocycles. The van der Waals surface area contributed by atoms with E-state index >= 15 is 0 Å². The lowest BCUT2D eigenvalue weighted by Crippen LogP contribution is -2.03. The third-order valence-corrected chi connectivity index (χ3v) is 4.05. The molecule has 0 bridgehead atoms. The van der Waals surface area contributed by atoms with Gasteiger partial charge >= 0.3 is 0 Å². The van der Waals surface area contributed by atoms with E-state index in [0.29, 0.717) is 0 Å². The van der Waals surface area contributed by atoms with Crippen LogP contribution in [0.1, 0.15) is 18.1 Å². The highest BCUT2D eigenvalue weighted by Crippen LogP contribution is 2.28. The van der Waals surface area contributed by atoms with Crippen LogP contribution in [0.2, 0.25) is 0 Å². The lowest BCUT2D eigenvalue weighted by molar-refractivity contribution is 0.410. The van der Waals surface area contributed by atoms with Crippen molar-refractivity contribution in [3.63, 3.8) is 0 Å². The van der Waals surface area contributed by atoms with Gasteiger partial charge in [-0.1, -0.05) is 36.8 Å². The van der Waals surface area contributed by atoms with E-state index in [0.717, 1.165) is 18.0 Å². The zero-order valence-corrected chi connectivity index (χ0v) is 13.1. The number of methoxy groups -OCH3 is 1. The summed E-state index contributed by atoms with van der Waals surface area (Å²) in [5.41, 5.74) is 3.62. The van der Waals surface area contributed by atoms with E-state index in [2.05, 4.69) is 55.6 Å². The standard InChI is InChI=1S/C17H21NOS/c1-4-20-17-8-6-5-7-15(17)18-12-14-11-13(2)9-10-16(14)19-3/h5-11,18H,4,12H2,1-3H3. The van der Waals surface area contributed by atoms with Gasteiger partial charge in [-0.15, -0.1) is 11.8 Å². The summed E-state index contributed by atoms with van der Waals surface area (Å²) in [4.78, 5) is 1.29. The Labute approximate surface area is 125 Å². The quantitative estimate of drug-likeness (QED) is 0.776. The van der Waals surface area contributed by atoms with Crippen molar-refractivity contribution in [2.75, 3.05) is 18.2 Å². The van der Waals surface area contributed by atoms with Crippen LogP contribution in [0.3, 0.4) is 0 Å². The van der Waals surface area contributed by atoms with Gasteiger partial charge in [0.15, 0.2) is 0 Å². The third kappa shape index (κ3) is 3.70. The van der Waals surface area contributed by atoms with Crippen LogP contribution < -0.4 is 10.1 Å². The van der Waals surface area contributed by atoms with Crippen molar-refractivity contribution in [1.29, 1.82) is 0 Å². The number of ether oxygens (including phenoxy) is 1. The molecule has 1 N–H and O–H groups in total. The number of nitrogens with one attached hydrogen (secondary N) is 1. The molecule has 0 heterocycles. The van der Waals surface area contributed by atoms with E-state index < -0.39 is 0 Å². The minimum atomic E-state index is 0.770. The van der Waals surface area contributed by atoms with Crippen LogP contribution in [0, 0.1) is 6.92 Å². The Morgan fingerprint density at radius 1 is 1.15 bits per heavy atom. The number of para-hydroxylation sites is 1. The Balaban J connectivity index is 2.14. The smallest absolute Gasteiger partial charge is 0.123 e. The molecule has 0 fully saturated rings. The largest absolute Gasteiger partial charge is 0.496 e. The van der Waals surface area contributed by atoms with E-state index in [1.54, 1.807) is 7.11 Å². The Bertz CT molecular complexity index is 569. The fourth-order valence-corrected chi connectivity index (χ4v) is 2.91. The summed E-state index contributed by atoms with van der Waals surface area (Å²) < 4.78 is 5.42. The molecular weight excluding hydrogens is 266 g/mol. The molecule has 0 aliphatic heterocycles. The van der Waals surface area contributed by atoms with Gasteiger partial charge < -0.3 is 10.1 Å². The van der Waals surface area contributed by atoms with E-state index in [-0.39, 0.29) is 0 Å². The van der Waals surface area contributed by atoms with Crippen LogP contribution in [-0.2, 0) is 6.54 Å². The van der Waals surface area contributed by atoms with Gasteiger partial charge in [0.1, 0.15) is 5.75 Å². The zero-order chi connectivity index (χ0) is 14.4. The molecule has 0 aliphatic carbocycles. The number of hydrogen-bond donors (Lipinski definition) is 1. The first-order chi connectivity index (χ1) is 9.74. The van der Waals surface area contributed by atoms with Crippen LogP contribution in [0.4, 0.5) is 5.69 Å². The second-order valence-electron chi connectivity index (χ2n) is 4.60. The van der Waals surface area contributed by atoms with Crippen molar-refractivity contribution >= 4 is 17.4 Å². The second kappa shape index (κ2) is 7.25. The number of anilines is 1. The molecule has 0 unspecified atom stereocenters. The van der Waals surface area contributed by atoms with Crippen LogP contribution in [0.25, 0.3) is 0 Å². The van der Waals surface area contributed by atoms with Crippen LogP contribution in [0.15, 0.2) is 47.4 Å². The van der Waals surface area contributed by atoms with E-state index in [9.17, 15) is 0 Å². The molecule has 2 aromatic rings. The monoisotopic (exact) mass is 287 g/mol. The number of benzene rings is 2. The molecule has 3 heteroatoms. The fourth-order valence-electron chi connectivity index (χ4n) is 2.13. The first-order valence-electron chi connectivity index (χ1n) is 6.83. The molecule has 0 saturated heterocycles. The summed E-state index contributed by atoms with van der Waals surface area (Å²) in [6.07, 6.45) is 0. The van der Waals surface area contributed by atoms with Gasteiger partial charge in [0.2, 0.25) is 0 Å². The molecule has 0 aliphatic rings. The summed E-state index contributed by atoms with van der Waals surface area (Å²) in [7, 11) is 1.72. The Hall–Kier alpha value is -1.61. The maximum Gasteiger partial charge on any atom is 0.123 e. The molecule has 2 nitrogen and oxygen atoms in total. The Morgan fingerprint density at radius 2 is 1.95 bits per heavy atom. The molecule has 0 amide bonds. The molecule has 0 saturated carbocycles. The molecule has 0 atom stereocenters. The molecule has 0 spiro atoms. The second-order valence-corrected chi connectivity index (χ2v) is 5.90. The normalized spacial score (nSPS) is 10.3. The lowest BCUT2D eigenvalue weighted by atomic mass is 10.1. The van der Waals surface area contributed by atoms with Crippen molar-refractivity contribution in [2.24, 2.45) is 0 Å². The van der Waals surface area contributed by atoms with Crippen molar-refractivity contribution in [3.05, 3.63) is 53.6 Å². The van der Waals surface area contributed by atoms with E-state index in [4.69, 9.17) is 4.74 Å². The summed E-state index contributed by atoms with van der Waals surface area (Å²) >= 11 is 1.86. The van der Waals surface area contributed by atoms with E-state index in [1.807, 2.05) is 17.8 Å². The first kappa shape index (κ1) is 14.8. The summed E-state index contributed by atoms with van der Waals surface area (Å²) in [5, 5.41) is 3.52. The lowest BCUT2D eigenvalue weighted by Gasteiger charge is -2.14. The van der Waals surface area contributed by atoms with Gasteiger partial charge in [-0.25, -0.2) is 0 Å². The molecule has 106 valence electrons. The maximum atomic E-state index is 5.42. The highest BCUT2D eigenvalue weighted by atomic mass is 32.2. The molecule has 2 rings (SSSR count). The van der Waals surface area contributed by atoms with Crippen molar-refractivity contribution in [2.45, 2.75) is 25.3 Å². The molecular formula is C17H21NOS. The third-order valence-electron chi connectivity index (χ3n) is 3.09. The van der Waals surface area contributed by atoms with Gasteiger partial charge in [0.05, 0.1) is 7.11 Å². The average Bonchev–Trinajstić information content (AvgIpc) is 2.47. The zero-order valence-electron chi connectivity index (χ0n) is 12.3. The minimum absolute atomic E-state index is 0.770. The Kier molecular flexibility index (Phi) is 5.36. The maximum absolute atomic E-state index is 5.42. The summed E-state index contributed by atoms with van der Waals surface area (Å²) in [5.74, 6) is 2.01. The number of thioether (sulfide) groups is 1. The van der Waals surface area contributed by atoms with Crippen molar-refractivity contribution < 1.29 is 4.74 Å². The van der Waals surface area contributed by atoms with Gasteiger partial charge in [-0.05, 0) is 30.9 Å². The number of rotatable bonds is 6. The van der Waals surface area contributed by atoms with Crippen LogP contribution in [-0.4, -0.2) is 12.9 Å². The predicted molar refractivity (Wildman–Crippen MR) is 87.9 cm³/mol. The van der Waals surface area contributed by atoms with Gasteiger partial charge in [-0.2, -0.15) is 0 Å². The number of aryl methyl sites for hydroxylation is 1. The van der Waals surface area contributed by atoms with Gasteiger partial charge in [0, 0.05) is 22.7 Å². The Morgan fingerprint density at radius 3 is 2.70 bits per heavy atom. The average molecular weight is 287 g/mol.